The number of esters is 1. The second-order valence-electron chi connectivity index (χ2n) is 7.58. The summed E-state index contributed by atoms with van der Waals surface area (Å²) in [6.45, 7) is 6.75. The number of carbonyl (C=O) groups is 2. The summed E-state index contributed by atoms with van der Waals surface area (Å²) in [5, 5.41) is 2.93. The Hall–Kier alpha value is -1.93. The van der Waals surface area contributed by atoms with Crippen LogP contribution in [-0.4, -0.2) is 39.0 Å². The van der Waals surface area contributed by atoms with E-state index >= 15 is 0 Å². The van der Waals surface area contributed by atoms with Crippen LogP contribution in [0, 0.1) is 19.8 Å². The molecule has 3 atom stereocenters. The van der Waals surface area contributed by atoms with E-state index in [-0.39, 0.29) is 16.8 Å². The molecule has 2 rings (SSSR count). The van der Waals surface area contributed by atoms with E-state index in [1.54, 1.807) is 12.1 Å². The van der Waals surface area contributed by atoms with E-state index in [9.17, 15) is 18.0 Å². The zero-order chi connectivity index (χ0) is 20.9. The molecule has 2 N–H and O–H groups in total. The first-order valence-electron chi connectivity index (χ1n) is 9.67. The van der Waals surface area contributed by atoms with Gasteiger partial charge in [0.2, 0.25) is 10.0 Å². The predicted octanol–water partition coefficient (Wildman–Crippen LogP) is 2.21. The maximum atomic E-state index is 12.3. The molecule has 0 spiro atoms. The van der Waals surface area contributed by atoms with Crippen molar-refractivity contribution in [2.24, 2.45) is 5.92 Å². The Balaban J connectivity index is 1.85. The molecule has 0 unspecified atom stereocenters. The lowest BCUT2D eigenvalue weighted by atomic mass is 9.86. The maximum Gasteiger partial charge on any atom is 0.321 e. The number of sulfonamides is 1. The fourth-order valence-corrected chi connectivity index (χ4v) is 4.30. The first-order chi connectivity index (χ1) is 13.1. The standard InChI is InChI=1S/C20H30N2O5S/c1-13-9-10-17(11-15(13)3)28(25,26)21-12-19(23)27-16(4)20(24)22-18-8-6-5-7-14(18)2/h9-11,14,16,18,21H,5-8,12H2,1-4H3,(H,22,24)/t14-,16-,18+/m0/s1. The van der Waals surface area contributed by atoms with Gasteiger partial charge in [0.05, 0.1) is 4.90 Å². The lowest BCUT2D eigenvalue weighted by Gasteiger charge is -2.30. The molecule has 8 heteroatoms. The topological polar surface area (TPSA) is 102 Å². The van der Waals surface area contributed by atoms with E-state index in [1.807, 2.05) is 13.8 Å². The number of hydrogen-bond donors (Lipinski definition) is 2. The van der Waals surface area contributed by atoms with E-state index in [2.05, 4.69) is 17.0 Å². The Morgan fingerprint density at radius 1 is 1.18 bits per heavy atom. The van der Waals surface area contributed by atoms with Crippen molar-refractivity contribution in [3.8, 4) is 0 Å². The van der Waals surface area contributed by atoms with E-state index in [1.165, 1.54) is 19.4 Å². The predicted molar refractivity (Wildman–Crippen MR) is 106 cm³/mol. The average molecular weight is 411 g/mol. The normalized spacial score (nSPS) is 21.0. The van der Waals surface area contributed by atoms with Crippen molar-refractivity contribution >= 4 is 21.9 Å². The molecule has 1 aliphatic rings. The second kappa shape index (κ2) is 9.52. The summed E-state index contributed by atoms with van der Waals surface area (Å²) in [4.78, 5) is 24.3. The van der Waals surface area contributed by atoms with Crippen LogP contribution in [0.3, 0.4) is 0 Å². The number of carbonyl (C=O) groups excluding carboxylic acids is 2. The molecule has 1 aliphatic carbocycles. The molecule has 0 radical (unpaired) electrons. The van der Waals surface area contributed by atoms with E-state index in [4.69, 9.17) is 4.74 Å². The Morgan fingerprint density at radius 2 is 1.86 bits per heavy atom. The fraction of sp³-hybridized carbons (Fsp3) is 0.600. The number of aryl methyl sites for hydroxylation is 2. The number of rotatable bonds is 7. The van der Waals surface area contributed by atoms with Crippen LogP contribution in [0.25, 0.3) is 0 Å². The van der Waals surface area contributed by atoms with Crippen LogP contribution >= 0.6 is 0 Å². The van der Waals surface area contributed by atoms with Gasteiger partial charge in [0, 0.05) is 6.04 Å². The van der Waals surface area contributed by atoms with Crippen molar-refractivity contribution in [3.63, 3.8) is 0 Å². The lowest BCUT2D eigenvalue weighted by molar-refractivity contribution is -0.154. The highest BCUT2D eigenvalue weighted by Crippen LogP contribution is 2.23. The molecular formula is C20H30N2O5S. The number of amides is 1. The van der Waals surface area contributed by atoms with Crippen molar-refractivity contribution in [1.29, 1.82) is 0 Å². The summed E-state index contributed by atoms with van der Waals surface area (Å²) in [6, 6.07) is 4.83. The lowest BCUT2D eigenvalue weighted by Crippen LogP contribution is -2.46. The number of nitrogens with one attached hydrogen (secondary N) is 2. The molecule has 1 aromatic rings. The van der Waals surface area contributed by atoms with Gasteiger partial charge < -0.3 is 10.1 Å². The third-order valence-corrected chi connectivity index (χ3v) is 6.71. The van der Waals surface area contributed by atoms with Gasteiger partial charge in [-0.25, -0.2) is 8.42 Å². The average Bonchev–Trinajstić information content (AvgIpc) is 2.64. The van der Waals surface area contributed by atoms with Crippen molar-refractivity contribution in [2.75, 3.05) is 6.54 Å². The minimum atomic E-state index is -3.83. The maximum absolute atomic E-state index is 12.3. The highest BCUT2D eigenvalue weighted by molar-refractivity contribution is 7.89. The van der Waals surface area contributed by atoms with Gasteiger partial charge in [-0.05, 0) is 62.8 Å². The molecule has 1 saturated carbocycles. The second-order valence-corrected chi connectivity index (χ2v) is 9.35. The van der Waals surface area contributed by atoms with E-state index < -0.39 is 28.6 Å². The van der Waals surface area contributed by atoms with Crippen LogP contribution in [0.4, 0.5) is 0 Å². The van der Waals surface area contributed by atoms with Gasteiger partial charge in [-0.2, -0.15) is 4.72 Å². The Bertz CT molecular complexity index is 822. The first-order valence-corrected chi connectivity index (χ1v) is 11.1. The molecule has 0 bridgehead atoms. The summed E-state index contributed by atoms with van der Waals surface area (Å²) in [7, 11) is -3.83. The zero-order valence-corrected chi connectivity index (χ0v) is 17.8. The van der Waals surface area contributed by atoms with Crippen molar-refractivity contribution in [3.05, 3.63) is 29.3 Å². The molecule has 156 valence electrons. The van der Waals surface area contributed by atoms with E-state index in [0.29, 0.717) is 5.92 Å². The van der Waals surface area contributed by atoms with Crippen LogP contribution in [-0.2, 0) is 24.3 Å². The highest BCUT2D eigenvalue weighted by Gasteiger charge is 2.26. The summed E-state index contributed by atoms with van der Waals surface area (Å²) < 4.78 is 31.9. The Kier molecular flexibility index (Phi) is 7.60. The Labute approximate surface area is 167 Å². The van der Waals surface area contributed by atoms with Gasteiger partial charge in [-0.1, -0.05) is 25.8 Å². The highest BCUT2D eigenvalue weighted by atomic mass is 32.2. The first kappa shape index (κ1) is 22.4. The third kappa shape index (κ3) is 6.04. The van der Waals surface area contributed by atoms with Crippen molar-refractivity contribution in [1.82, 2.24) is 10.0 Å². The smallest absolute Gasteiger partial charge is 0.321 e. The van der Waals surface area contributed by atoms with Gasteiger partial charge in [-0.15, -0.1) is 0 Å². The molecule has 1 amide bonds. The number of benzene rings is 1. The molecule has 28 heavy (non-hydrogen) atoms. The van der Waals surface area contributed by atoms with Crippen LogP contribution in [0.5, 0.6) is 0 Å². The third-order valence-electron chi connectivity index (χ3n) is 5.31. The molecular weight excluding hydrogens is 380 g/mol. The van der Waals surface area contributed by atoms with Crippen LogP contribution in [0.1, 0.15) is 50.7 Å². The SMILES string of the molecule is Cc1ccc(S(=O)(=O)NCC(=O)O[C@@H](C)C(=O)N[C@@H]2CCCC[C@@H]2C)cc1C. The molecule has 0 aromatic heterocycles. The number of hydrogen-bond acceptors (Lipinski definition) is 5. The van der Waals surface area contributed by atoms with Crippen molar-refractivity contribution in [2.45, 2.75) is 70.4 Å². The number of ether oxygens (including phenoxy) is 1. The van der Waals surface area contributed by atoms with Gasteiger partial charge in [0.15, 0.2) is 6.10 Å². The molecule has 0 heterocycles. The van der Waals surface area contributed by atoms with Crippen LogP contribution in [0.15, 0.2) is 23.1 Å². The zero-order valence-electron chi connectivity index (χ0n) is 16.9. The monoisotopic (exact) mass is 410 g/mol. The molecule has 7 nitrogen and oxygen atoms in total. The summed E-state index contributed by atoms with van der Waals surface area (Å²) in [5.41, 5.74) is 1.82. The van der Waals surface area contributed by atoms with Gasteiger partial charge >= 0.3 is 5.97 Å². The fourth-order valence-electron chi connectivity index (χ4n) is 3.24. The van der Waals surface area contributed by atoms with E-state index in [0.717, 1.165) is 30.4 Å². The minimum absolute atomic E-state index is 0.0838. The van der Waals surface area contributed by atoms with Gasteiger partial charge in [0.25, 0.3) is 5.91 Å². The van der Waals surface area contributed by atoms with Crippen molar-refractivity contribution < 1.29 is 22.7 Å². The van der Waals surface area contributed by atoms with Gasteiger partial charge in [-0.3, -0.25) is 9.59 Å². The van der Waals surface area contributed by atoms with Crippen LogP contribution in [0.2, 0.25) is 0 Å². The molecule has 0 saturated heterocycles. The summed E-state index contributed by atoms with van der Waals surface area (Å²) >= 11 is 0. The minimum Gasteiger partial charge on any atom is -0.452 e. The van der Waals surface area contributed by atoms with Crippen LogP contribution < -0.4 is 10.0 Å². The molecule has 1 aromatic carbocycles. The van der Waals surface area contributed by atoms with Gasteiger partial charge in [0.1, 0.15) is 6.54 Å². The largest absolute Gasteiger partial charge is 0.452 e. The molecule has 0 aliphatic heterocycles. The summed E-state index contributed by atoms with van der Waals surface area (Å²) in [6.07, 6.45) is 3.25. The summed E-state index contributed by atoms with van der Waals surface area (Å²) in [5.74, 6) is -0.763. The Morgan fingerprint density at radius 3 is 2.50 bits per heavy atom. The quantitative estimate of drug-likeness (QED) is 0.671. The molecule has 1 fully saturated rings.